The third kappa shape index (κ3) is 1.77. The maximum absolute atomic E-state index is 10.2. The molecule has 2 rings (SSSR count). The lowest BCUT2D eigenvalue weighted by Gasteiger charge is -2.25. The van der Waals surface area contributed by atoms with E-state index in [-0.39, 0.29) is 0 Å². The van der Waals surface area contributed by atoms with Crippen LogP contribution < -0.4 is 0 Å². The molecule has 1 aromatic heterocycles. The van der Waals surface area contributed by atoms with Gasteiger partial charge in [0.05, 0.1) is 21.9 Å². The molecule has 1 N–H and O–H groups in total. The van der Waals surface area contributed by atoms with Crippen LogP contribution in [0.5, 0.6) is 0 Å². The largest absolute Gasteiger partial charge is 0.386 e. The smallest absolute Gasteiger partial charge is 0.108 e. The molecule has 0 aromatic carbocycles. The van der Waals surface area contributed by atoms with Crippen molar-refractivity contribution in [3.8, 4) is 6.07 Å². The van der Waals surface area contributed by atoms with Crippen LogP contribution in [-0.2, 0) is 0 Å². The Kier molecular flexibility index (Phi) is 2.76. The zero-order valence-electron chi connectivity index (χ0n) is 8.68. The number of nitriles is 1. The van der Waals surface area contributed by atoms with E-state index in [1.54, 1.807) is 11.7 Å². The number of nitrogens with zero attached hydrogens (tertiary/aromatic N) is 2. The van der Waals surface area contributed by atoms with Gasteiger partial charge in [0.15, 0.2) is 0 Å². The maximum Gasteiger partial charge on any atom is 0.108 e. The number of aliphatic hydroxyl groups excluding tert-OH is 1. The summed E-state index contributed by atoms with van der Waals surface area (Å²) in [5.41, 5.74) is 1.12. The van der Waals surface area contributed by atoms with Gasteiger partial charge in [-0.2, -0.15) is 5.26 Å². The third-order valence-corrected chi connectivity index (χ3v) is 4.09. The lowest BCUT2D eigenvalue weighted by Crippen LogP contribution is -2.23. The van der Waals surface area contributed by atoms with Gasteiger partial charge in [-0.1, -0.05) is 6.92 Å². The molecule has 0 saturated heterocycles. The highest BCUT2D eigenvalue weighted by Crippen LogP contribution is 2.49. The van der Waals surface area contributed by atoms with Crippen LogP contribution in [0.25, 0.3) is 0 Å². The van der Waals surface area contributed by atoms with Crippen LogP contribution in [0.15, 0.2) is 11.7 Å². The SMILES string of the molecule is CC1CCC(C#N)(C(O)c2cncs2)C1. The Hall–Kier alpha value is -0.920. The van der Waals surface area contributed by atoms with Crippen LogP contribution in [0.2, 0.25) is 0 Å². The minimum absolute atomic E-state index is 0.534. The minimum Gasteiger partial charge on any atom is -0.386 e. The summed E-state index contributed by atoms with van der Waals surface area (Å²) in [6.45, 7) is 2.14. The van der Waals surface area contributed by atoms with E-state index in [0.29, 0.717) is 5.92 Å². The Balaban J connectivity index is 2.25. The van der Waals surface area contributed by atoms with Crippen molar-refractivity contribution in [3.63, 3.8) is 0 Å². The van der Waals surface area contributed by atoms with Crippen molar-refractivity contribution in [1.29, 1.82) is 5.26 Å². The van der Waals surface area contributed by atoms with Crippen LogP contribution in [-0.4, -0.2) is 10.1 Å². The second-order valence-electron chi connectivity index (χ2n) is 4.42. The number of hydrogen-bond donors (Lipinski definition) is 1. The van der Waals surface area contributed by atoms with Gasteiger partial charge in [-0.15, -0.1) is 11.3 Å². The summed E-state index contributed by atoms with van der Waals surface area (Å²) < 4.78 is 0. The predicted molar refractivity (Wildman–Crippen MR) is 58.1 cm³/mol. The van der Waals surface area contributed by atoms with Gasteiger partial charge in [-0.3, -0.25) is 4.98 Å². The molecular weight excluding hydrogens is 208 g/mol. The van der Waals surface area contributed by atoms with Crippen molar-refractivity contribution in [2.45, 2.75) is 32.3 Å². The number of aliphatic hydroxyl groups is 1. The third-order valence-electron chi connectivity index (χ3n) is 3.26. The lowest BCUT2D eigenvalue weighted by molar-refractivity contribution is 0.0676. The highest BCUT2D eigenvalue weighted by Gasteiger charge is 2.44. The molecule has 1 aromatic rings. The fourth-order valence-electron chi connectivity index (χ4n) is 2.37. The summed E-state index contributed by atoms with van der Waals surface area (Å²) >= 11 is 1.42. The van der Waals surface area contributed by atoms with E-state index >= 15 is 0 Å². The second-order valence-corrected chi connectivity index (χ2v) is 5.34. The second kappa shape index (κ2) is 3.92. The number of aromatic nitrogens is 1. The molecule has 3 atom stereocenters. The molecular formula is C11H14N2OS. The molecule has 3 nitrogen and oxygen atoms in total. The van der Waals surface area contributed by atoms with Crippen molar-refractivity contribution < 1.29 is 5.11 Å². The maximum atomic E-state index is 10.2. The predicted octanol–water partition coefficient (Wildman–Crippen LogP) is 2.51. The molecule has 4 heteroatoms. The van der Waals surface area contributed by atoms with Crippen LogP contribution in [0.4, 0.5) is 0 Å². The minimum atomic E-state index is -0.667. The van der Waals surface area contributed by atoms with Crippen molar-refractivity contribution in [1.82, 2.24) is 4.98 Å². The normalized spacial score (nSPS) is 32.5. The standard InChI is InChI=1S/C11H14N2OS/c1-8-2-3-11(4-8,6-12)10(14)9-5-13-7-15-9/h5,7-8,10,14H,2-4H2,1H3. The summed E-state index contributed by atoms with van der Waals surface area (Å²) in [5, 5.41) is 19.5. The summed E-state index contributed by atoms with van der Waals surface area (Å²) in [6, 6.07) is 2.32. The molecule has 0 amide bonds. The molecule has 0 spiro atoms. The molecule has 80 valence electrons. The zero-order chi connectivity index (χ0) is 10.9. The van der Waals surface area contributed by atoms with Crippen LogP contribution >= 0.6 is 11.3 Å². The summed E-state index contributed by atoms with van der Waals surface area (Å²) in [7, 11) is 0. The van der Waals surface area contributed by atoms with Gasteiger partial charge in [0.25, 0.3) is 0 Å². The molecule has 1 fully saturated rings. The van der Waals surface area contributed by atoms with E-state index < -0.39 is 11.5 Å². The Labute approximate surface area is 93.4 Å². The summed E-state index contributed by atoms with van der Waals surface area (Å²) in [4.78, 5) is 4.76. The molecule has 0 bridgehead atoms. The van der Waals surface area contributed by atoms with Crippen LogP contribution in [0.1, 0.15) is 37.2 Å². The molecule has 1 aliphatic carbocycles. The molecule has 1 aliphatic rings. The van der Waals surface area contributed by atoms with Gasteiger partial charge in [-0.25, -0.2) is 0 Å². The first-order chi connectivity index (χ1) is 7.18. The van der Waals surface area contributed by atoms with E-state index in [4.69, 9.17) is 0 Å². The van der Waals surface area contributed by atoms with Crippen LogP contribution in [0.3, 0.4) is 0 Å². The zero-order valence-corrected chi connectivity index (χ0v) is 9.50. The lowest BCUT2D eigenvalue weighted by atomic mass is 9.80. The number of hydrogen-bond acceptors (Lipinski definition) is 4. The summed E-state index contributed by atoms with van der Waals surface area (Å²) in [5.74, 6) is 0.534. The Morgan fingerprint density at radius 3 is 3.07 bits per heavy atom. The van der Waals surface area contributed by atoms with E-state index in [0.717, 1.165) is 24.1 Å². The van der Waals surface area contributed by atoms with Crippen molar-refractivity contribution in [2.75, 3.05) is 0 Å². The van der Waals surface area contributed by atoms with Gasteiger partial charge >= 0.3 is 0 Å². The first kappa shape index (κ1) is 10.6. The van der Waals surface area contributed by atoms with E-state index in [2.05, 4.69) is 18.0 Å². The molecule has 1 saturated carbocycles. The highest BCUT2D eigenvalue weighted by atomic mass is 32.1. The Morgan fingerprint density at radius 1 is 1.80 bits per heavy atom. The van der Waals surface area contributed by atoms with Gasteiger partial charge in [0, 0.05) is 6.20 Å². The Bertz CT molecular complexity index is 370. The molecule has 15 heavy (non-hydrogen) atoms. The molecule has 3 unspecified atom stereocenters. The van der Waals surface area contributed by atoms with Crippen LogP contribution in [0, 0.1) is 22.7 Å². The average Bonchev–Trinajstić information content (AvgIpc) is 2.86. The summed E-state index contributed by atoms with van der Waals surface area (Å²) in [6.07, 6.45) is 3.62. The molecule has 0 aliphatic heterocycles. The molecule has 1 heterocycles. The van der Waals surface area contributed by atoms with Gasteiger partial charge < -0.3 is 5.11 Å². The van der Waals surface area contributed by atoms with Gasteiger partial charge in [-0.05, 0) is 25.2 Å². The van der Waals surface area contributed by atoms with E-state index in [9.17, 15) is 10.4 Å². The monoisotopic (exact) mass is 222 g/mol. The fourth-order valence-corrected chi connectivity index (χ4v) is 3.09. The quantitative estimate of drug-likeness (QED) is 0.836. The van der Waals surface area contributed by atoms with Gasteiger partial charge in [0.2, 0.25) is 0 Å². The highest BCUT2D eigenvalue weighted by molar-refractivity contribution is 7.09. The van der Waals surface area contributed by atoms with Crippen molar-refractivity contribution in [2.24, 2.45) is 11.3 Å². The first-order valence-electron chi connectivity index (χ1n) is 5.16. The van der Waals surface area contributed by atoms with Crippen molar-refractivity contribution >= 4 is 11.3 Å². The van der Waals surface area contributed by atoms with Crippen molar-refractivity contribution in [3.05, 3.63) is 16.6 Å². The fraction of sp³-hybridized carbons (Fsp3) is 0.636. The van der Waals surface area contributed by atoms with Gasteiger partial charge in [0.1, 0.15) is 6.10 Å². The first-order valence-corrected chi connectivity index (χ1v) is 6.03. The average molecular weight is 222 g/mol. The number of thiazole rings is 1. The van der Waals surface area contributed by atoms with E-state index in [1.807, 2.05) is 0 Å². The Morgan fingerprint density at radius 2 is 2.60 bits per heavy atom. The topological polar surface area (TPSA) is 56.9 Å². The molecule has 0 radical (unpaired) electrons. The van der Waals surface area contributed by atoms with E-state index in [1.165, 1.54) is 11.3 Å². The number of rotatable bonds is 2.